The molecule has 3 N–H and O–H groups in total. The van der Waals surface area contributed by atoms with Gasteiger partial charge in [0.2, 0.25) is 0 Å². The average Bonchev–Trinajstić information content (AvgIpc) is 3.24. The summed E-state index contributed by atoms with van der Waals surface area (Å²) in [5.74, 6) is -2.06. The fourth-order valence-electron chi connectivity index (χ4n) is 3.35. The summed E-state index contributed by atoms with van der Waals surface area (Å²) in [7, 11) is -3.85. The number of carboxylic acid groups (broad SMARTS) is 1. The Hall–Kier alpha value is -2.18. The maximum atomic E-state index is 13.0. The summed E-state index contributed by atoms with van der Waals surface area (Å²) >= 11 is 0. The first-order valence-corrected chi connectivity index (χ1v) is 9.69. The number of nitrogens with two attached hydrogens (primary N) is 1. The van der Waals surface area contributed by atoms with Gasteiger partial charge in [0.15, 0.2) is 9.84 Å². The van der Waals surface area contributed by atoms with Gasteiger partial charge >= 0.3 is 5.97 Å². The first-order chi connectivity index (χ1) is 11.7. The van der Waals surface area contributed by atoms with Crippen molar-refractivity contribution in [2.75, 3.05) is 0 Å². The van der Waals surface area contributed by atoms with Crippen LogP contribution in [0.1, 0.15) is 29.5 Å². The Morgan fingerprint density at radius 2 is 1.68 bits per heavy atom. The standard InChI is InChI=1S/C19H21NO4S/c1-3-13-6-8-14(9-7-13)16-17(19(16,20)18(21)22)25(23,24)15-10-4-12(2)5-11-15/h4-11,16-17H,3,20H2,1-2H3,(H,21,22). The summed E-state index contributed by atoms with van der Waals surface area (Å²) in [5.41, 5.74) is 6.92. The number of aryl methyl sites for hydroxylation is 2. The molecule has 0 aliphatic heterocycles. The van der Waals surface area contributed by atoms with E-state index >= 15 is 0 Å². The molecule has 5 nitrogen and oxygen atoms in total. The fraction of sp³-hybridized carbons (Fsp3) is 0.316. The predicted molar refractivity (Wildman–Crippen MR) is 95.3 cm³/mol. The van der Waals surface area contributed by atoms with Gasteiger partial charge in [-0.15, -0.1) is 0 Å². The molecule has 0 heterocycles. The van der Waals surface area contributed by atoms with E-state index in [-0.39, 0.29) is 4.90 Å². The third kappa shape index (κ3) is 2.75. The molecular weight excluding hydrogens is 338 g/mol. The summed E-state index contributed by atoms with van der Waals surface area (Å²) < 4.78 is 26.0. The molecule has 1 aliphatic rings. The predicted octanol–water partition coefficient (Wildman–Crippen LogP) is 2.28. The van der Waals surface area contributed by atoms with Gasteiger partial charge in [0.05, 0.1) is 4.90 Å². The first kappa shape index (κ1) is 17.6. The molecule has 25 heavy (non-hydrogen) atoms. The zero-order chi connectivity index (χ0) is 18.4. The number of benzene rings is 2. The van der Waals surface area contributed by atoms with Crippen molar-refractivity contribution >= 4 is 15.8 Å². The van der Waals surface area contributed by atoms with Gasteiger partial charge in [-0.05, 0) is 36.6 Å². The van der Waals surface area contributed by atoms with E-state index in [1.807, 2.05) is 26.0 Å². The van der Waals surface area contributed by atoms with Crippen molar-refractivity contribution in [2.24, 2.45) is 5.73 Å². The Bertz CT molecular complexity index is 903. The molecule has 0 saturated heterocycles. The van der Waals surface area contributed by atoms with Crippen LogP contribution in [0.5, 0.6) is 0 Å². The lowest BCUT2D eigenvalue weighted by atomic mass is 10.0. The molecule has 1 saturated carbocycles. The Balaban J connectivity index is 2.03. The molecule has 1 fully saturated rings. The van der Waals surface area contributed by atoms with Crippen LogP contribution in [0.25, 0.3) is 0 Å². The summed E-state index contributed by atoms with van der Waals surface area (Å²) in [6.45, 7) is 3.87. The van der Waals surface area contributed by atoms with Gasteiger partial charge < -0.3 is 10.8 Å². The van der Waals surface area contributed by atoms with Crippen molar-refractivity contribution in [1.82, 2.24) is 0 Å². The molecule has 3 rings (SSSR count). The highest BCUT2D eigenvalue weighted by atomic mass is 32.2. The van der Waals surface area contributed by atoms with E-state index < -0.39 is 32.5 Å². The van der Waals surface area contributed by atoms with Crippen LogP contribution in [-0.2, 0) is 21.1 Å². The van der Waals surface area contributed by atoms with Crippen LogP contribution in [0, 0.1) is 6.92 Å². The number of rotatable bonds is 5. The molecule has 132 valence electrons. The van der Waals surface area contributed by atoms with Gasteiger partial charge in [-0.2, -0.15) is 0 Å². The Morgan fingerprint density at radius 3 is 2.16 bits per heavy atom. The number of carboxylic acids is 1. The Labute approximate surface area is 147 Å². The normalized spacial score (nSPS) is 25.6. The fourth-order valence-corrected chi connectivity index (χ4v) is 5.58. The quantitative estimate of drug-likeness (QED) is 0.853. The van der Waals surface area contributed by atoms with Crippen LogP contribution < -0.4 is 5.73 Å². The van der Waals surface area contributed by atoms with Crippen molar-refractivity contribution in [2.45, 2.75) is 41.9 Å². The molecule has 0 bridgehead atoms. The van der Waals surface area contributed by atoms with E-state index in [0.717, 1.165) is 17.5 Å². The number of carbonyl (C=O) groups is 1. The van der Waals surface area contributed by atoms with Crippen LogP contribution in [0.2, 0.25) is 0 Å². The maximum absolute atomic E-state index is 13.0. The summed E-state index contributed by atoms with van der Waals surface area (Å²) in [6.07, 6.45) is 0.850. The molecule has 3 unspecified atom stereocenters. The van der Waals surface area contributed by atoms with Crippen LogP contribution in [0.15, 0.2) is 53.4 Å². The Morgan fingerprint density at radius 1 is 1.12 bits per heavy atom. The second-order valence-electron chi connectivity index (χ2n) is 6.59. The van der Waals surface area contributed by atoms with E-state index in [0.29, 0.717) is 5.56 Å². The van der Waals surface area contributed by atoms with Gasteiger partial charge in [0, 0.05) is 5.92 Å². The first-order valence-electron chi connectivity index (χ1n) is 8.14. The summed E-state index contributed by atoms with van der Waals surface area (Å²) in [5, 5.41) is 8.41. The van der Waals surface area contributed by atoms with Gasteiger partial charge in [0.1, 0.15) is 10.8 Å². The topological polar surface area (TPSA) is 97.5 Å². The van der Waals surface area contributed by atoms with Crippen molar-refractivity contribution in [3.63, 3.8) is 0 Å². The highest BCUT2D eigenvalue weighted by Gasteiger charge is 2.74. The van der Waals surface area contributed by atoms with E-state index in [9.17, 15) is 18.3 Å². The van der Waals surface area contributed by atoms with E-state index in [4.69, 9.17) is 5.73 Å². The van der Waals surface area contributed by atoms with E-state index in [1.54, 1.807) is 24.3 Å². The average molecular weight is 359 g/mol. The maximum Gasteiger partial charge on any atom is 0.325 e. The highest BCUT2D eigenvalue weighted by molar-refractivity contribution is 7.92. The molecule has 0 amide bonds. The van der Waals surface area contributed by atoms with Gasteiger partial charge in [0.25, 0.3) is 0 Å². The third-order valence-electron chi connectivity index (χ3n) is 4.98. The number of hydrogen-bond acceptors (Lipinski definition) is 4. The number of sulfone groups is 1. The molecule has 2 aromatic carbocycles. The van der Waals surface area contributed by atoms with Crippen molar-refractivity contribution in [1.29, 1.82) is 0 Å². The van der Waals surface area contributed by atoms with Crippen LogP contribution in [0.4, 0.5) is 0 Å². The second-order valence-corrected chi connectivity index (χ2v) is 8.66. The molecule has 0 radical (unpaired) electrons. The lowest BCUT2D eigenvalue weighted by Crippen LogP contribution is -2.39. The summed E-state index contributed by atoms with van der Waals surface area (Å²) in [4.78, 5) is 11.8. The smallest absolute Gasteiger partial charge is 0.325 e. The van der Waals surface area contributed by atoms with Crippen molar-refractivity contribution in [3.8, 4) is 0 Å². The van der Waals surface area contributed by atoms with Crippen molar-refractivity contribution in [3.05, 3.63) is 65.2 Å². The molecule has 6 heteroatoms. The van der Waals surface area contributed by atoms with Crippen LogP contribution >= 0.6 is 0 Å². The molecule has 1 aliphatic carbocycles. The second kappa shape index (κ2) is 5.97. The minimum atomic E-state index is -3.85. The number of hydrogen-bond donors (Lipinski definition) is 2. The van der Waals surface area contributed by atoms with Gasteiger partial charge in [-0.25, -0.2) is 8.42 Å². The molecule has 2 aromatic rings. The Kier molecular flexibility index (Phi) is 4.21. The van der Waals surface area contributed by atoms with Gasteiger partial charge in [-0.1, -0.05) is 48.9 Å². The highest BCUT2D eigenvalue weighted by Crippen LogP contribution is 2.55. The number of aliphatic carboxylic acids is 1. The summed E-state index contributed by atoms with van der Waals surface area (Å²) in [6, 6.07) is 13.7. The van der Waals surface area contributed by atoms with E-state index in [2.05, 4.69) is 0 Å². The SMILES string of the molecule is CCc1ccc(C2C(S(=O)(=O)c3ccc(C)cc3)C2(N)C(=O)O)cc1. The lowest BCUT2D eigenvalue weighted by Gasteiger charge is -2.07. The molecule has 0 aromatic heterocycles. The minimum Gasteiger partial charge on any atom is -0.480 e. The monoisotopic (exact) mass is 359 g/mol. The molecule has 3 atom stereocenters. The molecular formula is C19H21NO4S. The largest absolute Gasteiger partial charge is 0.480 e. The zero-order valence-electron chi connectivity index (χ0n) is 14.1. The minimum absolute atomic E-state index is 0.104. The zero-order valence-corrected chi connectivity index (χ0v) is 15.0. The van der Waals surface area contributed by atoms with Crippen LogP contribution in [0.3, 0.4) is 0 Å². The molecule has 0 spiro atoms. The van der Waals surface area contributed by atoms with Crippen LogP contribution in [-0.4, -0.2) is 30.3 Å². The third-order valence-corrected chi connectivity index (χ3v) is 7.24. The van der Waals surface area contributed by atoms with Crippen molar-refractivity contribution < 1.29 is 18.3 Å². The lowest BCUT2D eigenvalue weighted by molar-refractivity contribution is -0.139. The van der Waals surface area contributed by atoms with E-state index in [1.165, 1.54) is 12.1 Å². The van der Waals surface area contributed by atoms with Gasteiger partial charge in [-0.3, -0.25) is 4.79 Å².